The SMILES string of the molecule is CCc1c(F)cc(NC(=O)c2ccc(C)cc2)c(O)c1Cl. The largest absolute Gasteiger partial charge is 0.504 e. The van der Waals surface area contributed by atoms with Crippen LogP contribution in [0.4, 0.5) is 10.1 Å². The highest BCUT2D eigenvalue weighted by atomic mass is 35.5. The molecule has 0 aliphatic rings. The van der Waals surface area contributed by atoms with Crippen molar-refractivity contribution >= 4 is 23.2 Å². The Morgan fingerprint density at radius 1 is 1.33 bits per heavy atom. The third-order valence-corrected chi connectivity index (χ3v) is 3.61. The first kappa shape index (κ1) is 15.3. The van der Waals surface area contributed by atoms with Crippen LogP contribution in [-0.2, 0) is 6.42 Å². The van der Waals surface area contributed by atoms with E-state index in [1.165, 1.54) is 0 Å². The molecule has 0 aliphatic heterocycles. The number of phenolic OH excluding ortho intramolecular Hbond substituents is 1. The Kier molecular flexibility index (Phi) is 4.48. The van der Waals surface area contributed by atoms with Crippen molar-refractivity contribution < 1.29 is 14.3 Å². The van der Waals surface area contributed by atoms with E-state index in [2.05, 4.69) is 5.32 Å². The van der Waals surface area contributed by atoms with Gasteiger partial charge in [-0.3, -0.25) is 4.79 Å². The van der Waals surface area contributed by atoms with Gasteiger partial charge in [0.15, 0.2) is 5.75 Å². The number of hydrogen-bond donors (Lipinski definition) is 2. The summed E-state index contributed by atoms with van der Waals surface area (Å²) >= 11 is 5.91. The summed E-state index contributed by atoms with van der Waals surface area (Å²) in [5, 5.41) is 12.4. The number of aryl methyl sites for hydroxylation is 1. The van der Waals surface area contributed by atoms with Crippen LogP contribution in [0.3, 0.4) is 0 Å². The molecule has 0 saturated carbocycles. The van der Waals surface area contributed by atoms with Crippen molar-refractivity contribution in [3.05, 3.63) is 57.9 Å². The Balaban J connectivity index is 2.31. The second-order valence-electron chi connectivity index (χ2n) is 4.72. The number of benzene rings is 2. The topological polar surface area (TPSA) is 49.3 Å². The fourth-order valence-corrected chi connectivity index (χ4v) is 2.29. The van der Waals surface area contributed by atoms with Gasteiger partial charge in [0.2, 0.25) is 0 Å². The summed E-state index contributed by atoms with van der Waals surface area (Å²) in [4.78, 5) is 12.1. The summed E-state index contributed by atoms with van der Waals surface area (Å²) in [5.41, 5.74) is 1.62. The molecular weight excluding hydrogens is 293 g/mol. The minimum absolute atomic E-state index is 0.0414. The number of carbonyl (C=O) groups is 1. The van der Waals surface area contributed by atoms with Crippen LogP contribution in [0.2, 0.25) is 5.02 Å². The van der Waals surface area contributed by atoms with Crippen molar-refractivity contribution in [2.75, 3.05) is 5.32 Å². The second kappa shape index (κ2) is 6.14. The van der Waals surface area contributed by atoms with E-state index in [0.717, 1.165) is 11.6 Å². The van der Waals surface area contributed by atoms with Gasteiger partial charge in [0.25, 0.3) is 5.91 Å². The third kappa shape index (κ3) is 3.16. The quantitative estimate of drug-likeness (QED) is 0.830. The van der Waals surface area contributed by atoms with Crippen molar-refractivity contribution in [3.8, 4) is 5.75 Å². The van der Waals surface area contributed by atoms with E-state index in [1.807, 2.05) is 6.92 Å². The minimum atomic E-state index is -0.556. The second-order valence-corrected chi connectivity index (χ2v) is 5.10. The lowest BCUT2D eigenvalue weighted by atomic mass is 10.1. The fraction of sp³-hybridized carbons (Fsp3) is 0.188. The first-order valence-corrected chi connectivity index (χ1v) is 6.89. The molecule has 0 fully saturated rings. The number of hydrogen-bond acceptors (Lipinski definition) is 2. The lowest BCUT2D eigenvalue weighted by molar-refractivity contribution is 0.102. The Hall–Kier alpha value is -2.07. The Morgan fingerprint density at radius 2 is 1.95 bits per heavy atom. The van der Waals surface area contributed by atoms with Crippen LogP contribution in [0.5, 0.6) is 5.75 Å². The van der Waals surface area contributed by atoms with Gasteiger partial charge in [-0.05, 0) is 25.5 Å². The molecule has 110 valence electrons. The zero-order valence-electron chi connectivity index (χ0n) is 11.7. The van der Waals surface area contributed by atoms with Crippen molar-refractivity contribution in [2.24, 2.45) is 0 Å². The molecule has 1 amide bonds. The third-order valence-electron chi connectivity index (χ3n) is 3.20. The van der Waals surface area contributed by atoms with E-state index in [9.17, 15) is 14.3 Å². The highest BCUT2D eigenvalue weighted by molar-refractivity contribution is 6.33. The van der Waals surface area contributed by atoms with Gasteiger partial charge in [0.05, 0.1) is 10.7 Å². The molecule has 2 aromatic carbocycles. The smallest absolute Gasteiger partial charge is 0.255 e. The van der Waals surface area contributed by atoms with Gasteiger partial charge < -0.3 is 10.4 Å². The first-order valence-electron chi connectivity index (χ1n) is 6.52. The van der Waals surface area contributed by atoms with Gasteiger partial charge >= 0.3 is 0 Å². The molecule has 5 heteroatoms. The highest BCUT2D eigenvalue weighted by Crippen LogP contribution is 2.37. The van der Waals surface area contributed by atoms with Crippen LogP contribution in [0, 0.1) is 12.7 Å². The van der Waals surface area contributed by atoms with E-state index in [4.69, 9.17) is 11.6 Å². The van der Waals surface area contributed by atoms with Crippen LogP contribution < -0.4 is 5.32 Å². The summed E-state index contributed by atoms with van der Waals surface area (Å²) in [6.45, 7) is 3.64. The van der Waals surface area contributed by atoms with Gasteiger partial charge in [-0.25, -0.2) is 4.39 Å². The van der Waals surface area contributed by atoms with E-state index < -0.39 is 11.7 Å². The molecule has 0 aliphatic carbocycles. The molecule has 21 heavy (non-hydrogen) atoms. The van der Waals surface area contributed by atoms with Gasteiger partial charge in [-0.1, -0.05) is 36.2 Å². The number of carbonyl (C=O) groups excluding carboxylic acids is 1. The van der Waals surface area contributed by atoms with Gasteiger partial charge in [0, 0.05) is 17.2 Å². The highest BCUT2D eigenvalue weighted by Gasteiger charge is 2.17. The van der Waals surface area contributed by atoms with Crippen LogP contribution in [0.25, 0.3) is 0 Å². The van der Waals surface area contributed by atoms with E-state index in [1.54, 1.807) is 31.2 Å². The van der Waals surface area contributed by atoms with Gasteiger partial charge in [0.1, 0.15) is 5.82 Å². The van der Waals surface area contributed by atoms with Crippen LogP contribution >= 0.6 is 11.6 Å². The predicted molar refractivity (Wildman–Crippen MR) is 81.6 cm³/mol. The molecule has 0 spiro atoms. The lowest BCUT2D eigenvalue weighted by Gasteiger charge is -2.12. The predicted octanol–water partition coefficient (Wildman–Crippen LogP) is 4.31. The maximum Gasteiger partial charge on any atom is 0.255 e. The lowest BCUT2D eigenvalue weighted by Crippen LogP contribution is -2.12. The maximum absolute atomic E-state index is 13.9. The average Bonchev–Trinajstić information content (AvgIpc) is 2.45. The summed E-state index contributed by atoms with van der Waals surface area (Å²) in [6, 6.07) is 7.97. The van der Waals surface area contributed by atoms with Gasteiger partial charge in [-0.15, -0.1) is 0 Å². The normalized spacial score (nSPS) is 10.5. The molecule has 2 aromatic rings. The number of amides is 1. The number of anilines is 1. The van der Waals surface area contributed by atoms with Crippen LogP contribution in [0.15, 0.2) is 30.3 Å². The zero-order valence-corrected chi connectivity index (χ0v) is 12.5. The molecular formula is C16H15ClFNO2. The molecule has 0 atom stereocenters. The van der Waals surface area contributed by atoms with E-state index in [-0.39, 0.29) is 22.0 Å². The van der Waals surface area contributed by atoms with Gasteiger partial charge in [-0.2, -0.15) is 0 Å². The summed E-state index contributed by atoms with van der Waals surface area (Å²) in [7, 11) is 0. The van der Waals surface area contributed by atoms with Crippen LogP contribution in [-0.4, -0.2) is 11.0 Å². The molecule has 0 aromatic heterocycles. The molecule has 0 unspecified atom stereocenters. The Morgan fingerprint density at radius 3 is 2.52 bits per heavy atom. The maximum atomic E-state index is 13.9. The number of aromatic hydroxyl groups is 1. The first-order chi connectivity index (χ1) is 9.93. The number of halogens is 2. The summed E-state index contributed by atoms with van der Waals surface area (Å²) in [5.74, 6) is -1.32. The van der Waals surface area contributed by atoms with E-state index >= 15 is 0 Å². The average molecular weight is 308 g/mol. The number of rotatable bonds is 3. The molecule has 0 saturated heterocycles. The summed E-state index contributed by atoms with van der Waals surface area (Å²) < 4.78 is 13.9. The van der Waals surface area contributed by atoms with Crippen molar-refractivity contribution in [1.29, 1.82) is 0 Å². The van der Waals surface area contributed by atoms with Crippen molar-refractivity contribution in [2.45, 2.75) is 20.3 Å². The minimum Gasteiger partial charge on any atom is -0.504 e. The monoisotopic (exact) mass is 307 g/mol. The van der Waals surface area contributed by atoms with Crippen molar-refractivity contribution in [1.82, 2.24) is 0 Å². The molecule has 0 bridgehead atoms. The standard InChI is InChI=1S/C16H15ClFNO2/c1-3-11-12(18)8-13(15(20)14(11)17)19-16(21)10-6-4-9(2)5-7-10/h4-8,20H,3H2,1-2H3,(H,19,21). The molecule has 3 nitrogen and oxygen atoms in total. The zero-order chi connectivity index (χ0) is 15.6. The number of nitrogens with one attached hydrogen (secondary N) is 1. The molecule has 2 N–H and O–H groups in total. The Labute approximate surface area is 127 Å². The molecule has 2 rings (SSSR count). The molecule has 0 heterocycles. The number of phenols is 1. The Bertz CT molecular complexity index is 684. The van der Waals surface area contributed by atoms with E-state index in [0.29, 0.717) is 12.0 Å². The van der Waals surface area contributed by atoms with Crippen LogP contribution in [0.1, 0.15) is 28.4 Å². The van der Waals surface area contributed by atoms with Crippen molar-refractivity contribution in [3.63, 3.8) is 0 Å². The summed E-state index contributed by atoms with van der Waals surface area (Å²) in [6.07, 6.45) is 0.352. The fourth-order valence-electron chi connectivity index (χ4n) is 1.97. The molecule has 0 radical (unpaired) electrons.